The molecule has 0 aromatic carbocycles. The van der Waals surface area contributed by atoms with Crippen LogP contribution in [0.3, 0.4) is 0 Å². The molecule has 1 unspecified atom stereocenters. The number of hydrogen-bond donors (Lipinski definition) is 1. The fourth-order valence-electron chi connectivity index (χ4n) is 2.63. The van der Waals surface area contributed by atoms with Gasteiger partial charge in [-0.25, -0.2) is 0 Å². The number of hydrogen-bond acceptors (Lipinski definition) is 5. The second kappa shape index (κ2) is 6.87. The summed E-state index contributed by atoms with van der Waals surface area (Å²) in [5, 5.41) is 3.83. The van der Waals surface area contributed by atoms with Crippen LogP contribution in [0.2, 0.25) is 0 Å². The highest BCUT2D eigenvalue weighted by Gasteiger charge is 2.29. The zero-order valence-electron chi connectivity index (χ0n) is 12.8. The highest BCUT2D eigenvalue weighted by atomic mass is 32.2. The molecular weight excluding hydrogens is 294 g/mol. The van der Waals surface area contributed by atoms with E-state index >= 15 is 0 Å². The number of aromatic nitrogens is 1. The van der Waals surface area contributed by atoms with E-state index in [4.69, 9.17) is 9.26 Å². The van der Waals surface area contributed by atoms with E-state index in [0.717, 1.165) is 18.4 Å². The van der Waals surface area contributed by atoms with E-state index in [-0.39, 0.29) is 12.5 Å². The van der Waals surface area contributed by atoms with Gasteiger partial charge >= 0.3 is 0 Å². The summed E-state index contributed by atoms with van der Waals surface area (Å²) in [6, 6.07) is 0. The van der Waals surface area contributed by atoms with Crippen molar-refractivity contribution in [3.8, 4) is 0 Å². The normalized spacial score (nSPS) is 20.8. The fraction of sp³-hybridized carbons (Fsp3) is 0.769. The van der Waals surface area contributed by atoms with Gasteiger partial charge < -0.3 is 9.26 Å². The highest BCUT2D eigenvalue weighted by Crippen LogP contribution is 2.19. The van der Waals surface area contributed by atoms with Crippen LogP contribution >= 0.6 is 0 Å². The summed E-state index contributed by atoms with van der Waals surface area (Å²) < 4.78 is 39.1. The van der Waals surface area contributed by atoms with Crippen LogP contribution in [0.4, 0.5) is 0 Å². The zero-order valence-corrected chi connectivity index (χ0v) is 13.6. The first-order valence-corrected chi connectivity index (χ1v) is 8.53. The summed E-state index contributed by atoms with van der Waals surface area (Å²) in [4.78, 5) is 0. The molecular formula is C13H23N3O4S. The maximum Gasteiger partial charge on any atom is 0.279 e. The molecule has 1 aliphatic rings. The van der Waals surface area contributed by atoms with E-state index in [0.29, 0.717) is 31.2 Å². The van der Waals surface area contributed by atoms with Gasteiger partial charge in [0.05, 0.1) is 12.3 Å². The van der Waals surface area contributed by atoms with Crippen molar-refractivity contribution in [2.45, 2.75) is 33.2 Å². The van der Waals surface area contributed by atoms with Crippen molar-refractivity contribution in [3.63, 3.8) is 0 Å². The minimum Gasteiger partial charge on any atom is -0.384 e. The molecule has 0 spiro atoms. The number of nitrogens with one attached hydrogen (secondary N) is 1. The monoisotopic (exact) mass is 317 g/mol. The molecule has 21 heavy (non-hydrogen) atoms. The van der Waals surface area contributed by atoms with Crippen molar-refractivity contribution >= 4 is 10.2 Å². The number of ether oxygens (including phenoxy) is 1. The van der Waals surface area contributed by atoms with E-state index in [1.165, 1.54) is 4.31 Å². The van der Waals surface area contributed by atoms with Crippen molar-refractivity contribution in [1.82, 2.24) is 14.2 Å². The van der Waals surface area contributed by atoms with Crippen molar-refractivity contribution in [2.75, 3.05) is 26.8 Å². The van der Waals surface area contributed by atoms with E-state index < -0.39 is 10.2 Å². The van der Waals surface area contributed by atoms with Gasteiger partial charge in [0.1, 0.15) is 5.76 Å². The summed E-state index contributed by atoms with van der Waals surface area (Å²) in [5.74, 6) is 0.908. The van der Waals surface area contributed by atoms with E-state index in [9.17, 15) is 8.42 Å². The van der Waals surface area contributed by atoms with Crippen LogP contribution in [0.1, 0.15) is 29.9 Å². The molecule has 1 fully saturated rings. The van der Waals surface area contributed by atoms with Crippen molar-refractivity contribution < 1.29 is 17.7 Å². The topological polar surface area (TPSA) is 84.7 Å². The third kappa shape index (κ3) is 4.03. The van der Waals surface area contributed by atoms with Gasteiger partial charge in [0.25, 0.3) is 10.2 Å². The third-order valence-electron chi connectivity index (χ3n) is 3.84. The Morgan fingerprint density at radius 2 is 2.24 bits per heavy atom. The molecule has 0 aliphatic carbocycles. The van der Waals surface area contributed by atoms with Crippen LogP contribution in [0.15, 0.2) is 4.52 Å². The molecule has 0 amide bonds. The number of rotatable bonds is 6. The Morgan fingerprint density at radius 3 is 2.86 bits per heavy atom. The van der Waals surface area contributed by atoms with Gasteiger partial charge in [-0.2, -0.15) is 17.4 Å². The first kappa shape index (κ1) is 16.4. The predicted octanol–water partition coefficient (Wildman–Crippen LogP) is 0.984. The Bertz CT molecular complexity index is 548. The van der Waals surface area contributed by atoms with Gasteiger partial charge in [0, 0.05) is 32.3 Å². The predicted molar refractivity (Wildman–Crippen MR) is 77.9 cm³/mol. The maximum absolute atomic E-state index is 12.4. The number of methoxy groups -OCH3 is 1. The lowest BCUT2D eigenvalue weighted by Gasteiger charge is -2.31. The van der Waals surface area contributed by atoms with Crippen LogP contribution in [-0.2, 0) is 21.5 Å². The largest absolute Gasteiger partial charge is 0.384 e. The molecule has 1 aromatic rings. The van der Waals surface area contributed by atoms with Gasteiger partial charge in [-0.3, -0.25) is 0 Å². The Labute approximate surface area is 125 Å². The van der Waals surface area contributed by atoms with Gasteiger partial charge in [0.2, 0.25) is 0 Å². The molecule has 7 nitrogen and oxygen atoms in total. The lowest BCUT2D eigenvalue weighted by atomic mass is 10.0. The van der Waals surface area contributed by atoms with Crippen molar-refractivity contribution in [3.05, 3.63) is 17.0 Å². The number of nitrogens with zero attached hydrogens (tertiary/aromatic N) is 2. The maximum atomic E-state index is 12.4. The molecule has 8 heteroatoms. The first-order valence-electron chi connectivity index (χ1n) is 7.09. The minimum absolute atomic E-state index is 0.203. The summed E-state index contributed by atoms with van der Waals surface area (Å²) in [6.45, 7) is 5.43. The molecule has 0 saturated carbocycles. The van der Waals surface area contributed by atoms with Crippen molar-refractivity contribution in [1.29, 1.82) is 0 Å². The summed E-state index contributed by atoms with van der Waals surface area (Å²) in [6.07, 6.45) is 1.87. The van der Waals surface area contributed by atoms with Crippen LogP contribution in [0.25, 0.3) is 0 Å². The smallest absolute Gasteiger partial charge is 0.279 e. The lowest BCUT2D eigenvalue weighted by molar-refractivity contribution is 0.118. The third-order valence-corrected chi connectivity index (χ3v) is 5.36. The van der Waals surface area contributed by atoms with E-state index in [1.54, 1.807) is 21.0 Å². The summed E-state index contributed by atoms with van der Waals surface area (Å²) in [5.41, 5.74) is 1.51. The SMILES string of the molecule is COCC1CCCN(S(=O)(=O)NCc2c(C)noc2C)C1. The first-order chi connectivity index (χ1) is 9.94. The number of aryl methyl sites for hydroxylation is 2. The molecule has 1 saturated heterocycles. The highest BCUT2D eigenvalue weighted by molar-refractivity contribution is 7.87. The Hall–Kier alpha value is -0.960. The average Bonchev–Trinajstić information content (AvgIpc) is 2.77. The standard InChI is InChI=1S/C13H23N3O4S/c1-10-13(11(2)20-15-10)7-14-21(17,18)16-6-4-5-12(8-16)9-19-3/h12,14H,4-9H2,1-3H3. The average molecular weight is 317 g/mol. The second-order valence-electron chi connectivity index (χ2n) is 5.45. The van der Waals surface area contributed by atoms with Gasteiger partial charge in [-0.05, 0) is 32.6 Å². The van der Waals surface area contributed by atoms with Gasteiger partial charge in [-0.1, -0.05) is 5.16 Å². The minimum atomic E-state index is -3.49. The Balaban J connectivity index is 1.98. The van der Waals surface area contributed by atoms with Crippen LogP contribution in [0.5, 0.6) is 0 Å². The molecule has 1 aliphatic heterocycles. The Kier molecular flexibility index (Phi) is 5.37. The zero-order chi connectivity index (χ0) is 15.5. The molecule has 1 aromatic heterocycles. The molecule has 0 bridgehead atoms. The molecule has 1 N–H and O–H groups in total. The van der Waals surface area contributed by atoms with E-state index in [1.807, 2.05) is 0 Å². The van der Waals surface area contributed by atoms with E-state index in [2.05, 4.69) is 9.88 Å². The van der Waals surface area contributed by atoms with Gasteiger partial charge in [-0.15, -0.1) is 0 Å². The fourth-order valence-corrected chi connectivity index (χ4v) is 3.91. The molecule has 2 heterocycles. The lowest BCUT2D eigenvalue weighted by Crippen LogP contribution is -2.46. The van der Waals surface area contributed by atoms with Crippen LogP contribution in [0, 0.1) is 19.8 Å². The molecule has 1 atom stereocenters. The Morgan fingerprint density at radius 1 is 1.48 bits per heavy atom. The molecule has 0 radical (unpaired) electrons. The van der Waals surface area contributed by atoms with Crippen LogP contribution < -0.4 is 4.72 Å². The summed E-state index contributed by atoms with van der Waals surface area (Å²) >= 11 is 0. The van der Waals surface area contributed by atoms with Gasteiger partial charge in [0.15, 0.2) is 0 Å². The quantitative estimate of drug-likeness (QED) is 0.845. The van der Waals surface area contributed by atoms with Crippen LogP contribution in [-0.4, -0.2) is 44.7 Å². The number of piperidine rings is 1. The van der Waals surface area contributed by atoms with Crippen molar-refractivity contribution in [2.24, 2.45) is 5.92 Å². The second-order valence-corrected chi connectivity index (χ2v) is 7.21. The molecule has 120 valence electrons. The molecule has 2 rings (SSSR count). The summed E-state index contributed by atoms with van der Waals surface area (Å²) in [7, 11) is -1.84.